The molecule has 1 N–H and O–H groups in total. The van der Waals surface area contributed by atoms with Crippen molar-refractivity contribution in [2.24, 2.45) is 0 Å². The minimum atomic E-state index is -0.727. The van der Waals surface area contributed by atoms with E-state index in [9.17, 15) is 4.79 Å². The largest absolute Gasteiger partial charge is 0.386 e. The molecule has 0 bridgehead atoms. The summed E-state index contributed by atoms with van der Waals surface area (Å²) >= 11 is 0. The fourth-order valence-electron chi connectivity index (χ4n) is 1.73. The normalized spacial score (nSPS) is 12.7. The van der Waals surface area contributed by atoms with Crippen LogP contribution in [0.2, 0.25) is 0 Å². The van der Waals surface area contributed by atoms with Crippen molar-refractivity contribution in [3.05, 3.63) is 0 Å². The average Bonchev–Trinajstić information content (AvgIpc) is 2.26. The summed E-state index contributed by atoms with van der Waals surface area (Å²) in [5.41, 5.74) is 0. The zero-order valence-corrected chi connectivity index (χ0v) is 10.1. The number of unbranched alkanes of at least 4 members (excludes halogenated alkanes) is 8. The van der Waals surface area contributed by atoms with Crippen molar-refractivity contribution in [1.82, 2.24) is 0 Å². The van der Waals surface area contributed by atoms with Crippen molar-refractivity contribution in [2.45, 2.75) is 77.2 Å². The van der Waals surface area contributed by atoms with Gasteiger partial charge in [-0.1, -0.05) is 64.7 Å². The van der Waals surface area contributed by atoms with E-state index >= 15 is 0 Å². The first kappa shape index (κ1) is 14.6. The zero-order valence-electron chi connectivity index (χ0n) is 10.1. The molecule has 0 aromatic heterocycles. The lowest BCUT2D eigenvalue weighted by Crippen LogP contribution is -2.06. The van der Waals surface area contributed by atoms with Crippen molar-refractivity contribution < 1.29 is 9.90 Å². The Morgan fingerprint density at radius 1 is 0.933 bits per heavy atom. The van der Waals surface area contributed by atoms with Gasteiger partial charge in [0.25, 0.3) is 0 Å². The first-order valence-corrected chi connectivity index (χ1v) is 6.44. The Kier molecular flexibility index (Phi) is 11.4. The fraction of sp³-hybridized carbons (Fsp3) is 0.923. The molecule has 2 heteroatoms. The van der Waals surface area contributed by atoms with Crippen LogP contribution in [0.4, 0.5) is 0 Å². The Morgan fingerprint density at radius 3 is 1.87 bits per heavy atom. The summed E-state index contributed by atoms with van der Waals surface area (Å²) in [4.78, 5) is 10.1. The Morgan fingerprint density at radius 2 is 1.40 bits per heavy atom. The molecule has 0 fully saturated rings. The van der Waals surface area contributed by atoms with Crippen molar-refractivity contribution in [2.75, 3.05) is 0 Å². The van der Waals surface area contributed by atoms with E-state index in [4.69, 9.17) is 5.11 Å². The molecule has 2 nitrogen and oxygen atoms in total. The van der Waals surface area contributed by atoms with E-state index in [0.29, 0.717) is 12.7 Å². The van der Waals surface area contributed by atoms with Crippen molar-refractivity contribution in [3.63, 3.8) is 0 Å². The third-order valence-corrected chi connectivity index (χ3v) is 2.76. The van der Waals surface area contributed by atoms with Crippen molar-refractivity contribution in [3.8, 4) is 0 Å². The van der Waals surface area contributed by atoms with Crippen LogP contribution >= 0.6 is 0 Å². The molecule has 0 aromatic rings. The molecular weight excluding hydrogens is 188 g/mol. The van der Waals surface area contributed by atoms with E-state index in [1.54, 1.807) is 0 Å². The van der Waals surface area contributed by atoms with E-state index in [1.165, 1.54) is 44.9 Å². The van der Waals surface area contributed by atoms with Gasteiger partial charge in [-0.05, 0) is 6.42 Å². The number of rotatable bonds is 11. The average molecular weight is 214 g/mol. The highest BCUT2D eigenvalue weighted by Gasteiger charge is 1.99. The van der Waals surface area contributed by atoms with Crippen LogP contribution in [-0.2, 0) is 4.79 Å². The third kappa shape index (κ3) is 11.6. The molecule has 1 unspecified atom stereocenters. The predicted molar refractivity (Wildman–Crippen MR) is 63.9 cm³/mol. The van der Waals surface area contributed by atoms with Gasteiger partial charge in [0.05, 0.1) is 0 Å². The molecule has 0 spiro atoms. The Bertz CT molecular complexity index is 134. The second kappa shape index (κ2) is 11.7. The lowest BCUT2D eigenvalue weighted by Gasteiger charge is -2.03. The van der Waals surface area contributed by atoms with Gasteiger partial charge < -0.3 is 9.90 Å². The van der Waals surface area contributed by atoms with Gasteiger partial charge in [-0.3, -0.25) is 0 Å². The molecule has 0 saturated carbocycles. The molecule has 0 amide bonds. The number of hydrogen-bond acceptors (Lipinski definition) is 2. The monoisotopic (exact) mass is 214 g/mol. The van der Waals surface area contributed by atoms with Crippen LogP contribution in [0, 0.1) is 0 Å². The fourth-order valence-corrected chi connectivity index (χ4v) is 1.73. The zero-order chi connectivity index (χ0) is 11.4. The molecular formula is C13H26O2. The summed E-state index contributed by atoms with van der Waals surface area (Å²) in [5.74, 6) is 0. The number of carbonyl (C=O) groups excluding carboxylic acids is 1. The van der Waals surface area contributed by atoms with Gasteiger partial charge in [0, 0.05) is 0 Å². The van der Waals surface area contributed by atoms with Crippen LogP contribution in [0.15, 0.2) is 0 Å². The van der Waals surface area contributed by atoms with Gasteiger partial charge in [0.1, 0.15) is 12.4 Å². The van der Waals surface area contributed by atoms with Crippen LogP contribution in [0.3, 0.4) is 0 Å². The molecule has 0 rings (SSSR count). The van der Waals surface area contributed by atoms with Gasteiger partial charge >= 0.3 is 0 Å². The quantitative estimate of drug-likeness (QED) is 0.422. The maximum Gasteiger partial charge on any atom is 0.148 e. The van der Waals surface area contributed by atoms with Gasteiger partial charge in [-0.15, -0.1) is 0 Å². The molecule has 0 radical (unpaired) electrons. The van der Waals surface area contributed by atoms with Crippen LogP contribution in [0.25, 0.3) is 0 Å². The van der Waals surface area contributed by atoms with Gasteiger partial charge in [0.15, 0.2) is 0 Å². The van der Waals surface area contributed by atoms with Crippen LogP contribution in [-0.4, -0.2) is 17.5 Å². The standard InChI is InChI=1S/C13H26O2/c1-2-3-4-5-6-7-8-9-10-11-13(15)12-14/h12-13,15H,2-11H2,1H3. The summed E-state index contributed by atoms with van der Waals surface area (Å²) in [6, 6.07) is 0. The SMILES string of the molecule is CCCCCCCCCCCC(O)C=O. The molecule has 1 atom stereocenters. The van der Waals surface area contributed by atoms with Crippen LogP contribution < -0.4 is 0 Å². The third-order valence-electron chi connectivity index (χ3n) is 2.76. The van der Waals surface area contributed by atoms with E-state index < -0.39 is 6.10 Å². The highest BCUT2D eigenvalue weighted by atomic mass is 16.3. The first-order chi connectivity index (χ1) is 7.31. The van der Waals surface area contributed by atoms with Crippen LogP contribution in [0.1, 0.15) is 71.1 Å². The summed E-state index contributed by atoms with van der Waals surface area (Å²) in [5, 5.41) is 8.99. The summed E-state index contributed by atoms with van der Waals surface area (Å²) in [7, 11) is 0. The van der Waals surface area contributed by atoms with Crippen LogP contribution in [0.5, 0.6) is 0 Å². The lowest BCUT2D eigenvalue weighted by molar-refractivity contribution is -0.115. The minimum Gasteiger partial charge on any atom is -0.386 e. The molecule has 0 aliphatic rings. The lowest BCUT2D eigenvalue weighted by atomic mass is 10.1. The minimum absolute atomic E-state index is 0.630. The summed E-state index contributed by atoms with van der Waals surface area (Å²) < 4.78 is 0. The Balaban J connectivity index is 2.95. The second-order valence-electron chi connectivity index (χ2n) is 4.32. The number of aliphatic hydroxyl groups excluding tert-OH is 1. The van der Waals surface area contributed by atoms with Crippen molar-refractivity contribution >= 4 is 6.29 Å². The van der Waals surface area contributed by atoms with Gasteiger partial charge in [0.2, 0.25) is 0 Å². The van der Waals surface area contributed by atoms with E-state index in [0.717, 1.165) is 12.8 Å². The number of carbonyl (C=O) groups is 1. The molecule has 0 saturated heterocycles. The predicted octanol–water partition coefficient (Wildman–Crippen LogP) is 3.47. The molecule has 15 heavy (non-hydrogen) atoms. The van der Waals surface area contributed by atoms with Gasteiger partial charge in [-0.2, -0.15) is 0 Å². The summed E-state index contributed by atoms with van der Waals surface area (Å²) in [6.45, 7) is 2.23. The molecule has 0 heterocycles. The Hall–Kier alpha value is -0.370. The first-order valence-electron chi connectivity index (χ1n) is 6.44. The van der Waals surface area contributed by atoms with E-state index in [1.807, 2.05) is 0 Å². The number of hydrogen-bond donors (Lipinski definition) is 1. The highest BCUT2D eigenvalue weighted by Crippen LogP contribution is 2.10. The number of aldehydes is 1. The topological polar surface area (TPSA) is 37.3 Å². The van der Waals surface area contributed by atoms with Gasteiger partial charge in [-0.25, -0.2) is 0 Å². The smallest absolute Gasteiger partial charge is 0.148 e. The molecule has 0 aliphatic heterocycles. The molecule has 0 aromatic carbocycles. The Labute approximate surface area is 94.1 Å². The highest BCUT2D eigenvalue weighted by molar-refractivity contribution is 5.55. The second-order valence-corrected chi connectivity index (χ2v) is 4.32. The van der Waals surface area contributed by atoms with E-state index in [2.05, 4.69) is 6.92 Å². The maximum absolute atomic E-state index is 10.1. The molecule has 90 valence electrons. The summed E-state index contributed by atoms with van der Waals surface area (Å²) in [6.07, 6.45) is 12.0. The number of aliphatic hydroxyl groups is 1. The molecule has 0 aliphatic carbocycles. The van der Waals surface area contributed by atoms with Crippen molar-refractivity contribution in [1.29, 1.82) is 0 Å². The maximum atomic E-state index is 10.1. The van der Waals surface area contributed by atoms with E-state index in [-0.39, 0.29) is 0 Å².